The molecule has 120 valence electrons. The minimum Gasteiger partial charge on any atom is -0.317 e. The Bertz CT molecular complexity index is 594. The van der Waals surface area contributed by atoms with Crippen LogP contribution >= 0.6 is 0 Å². The normalized spacial score (nSPS) is 20.9. The Hall–Kier alpha value is -0.920. The van der Waals surface area contributed by atoms with Crippen LogP contribution in [0.15, 0.2) is 4.90 Å². The Morgan fingerprint density at radius 2 is 2.10 bits per heavy atom. The molecule has 7 heteroatoms. The molecular weight excluding hydrogens is 288 g/mol. The number of hydrogen-bond acceptors (Lipinski definition) is 4. The van der Waals surface area contributed by atoms with Crippen LogP contribution in [0.4, 0.5) is 0 Å². The summed E-state index contributed by atoms with van der Waals surface area (Å²) < 4.78 is 29.1. The van der Waals surface area contributed by atoms with Crippen LogP contribution in [0, 0.1) is 19.8 Å². The zero-order valence-corrected chi connectivity index (χ0v) is 14.2. The van der Waals surface area contributed by atoms with E-state index in [1.807, 2.05) is 6.92 Å². The molecule has 2 heterocycles. The highest BCUT2D eigenvalue weighted by Gasteiger charge is 2.33. The minimum atomic E-state index is -3.44. The summed E-state index contributed by atoms with van der Waals surface area (Å²) in [6.45, 7) is 8.66. The first kappa shape index (κ1) is 16.5. The number of rotatable bonds is 5. The predicted molar refractivity (Wildman–Crippen MR) is 82.7 cm³/mol. The summed E-state index contributed by atoms with van der Waals surface area (Å²) >= 11 is 0. The van der Waals surface area contributed by atoms with E-state index in [-0.39, 0.29) is 0 Å². The molecule has 0 aromatic carbocycles. The SMILES string of the molecule is CCNCC1CCCN(S(=O)(=O)c2c(C)nn(C)c2C)C1. The molecule has 0 radical (unpaired) electrons. The third kappa shape index (κ3) is 3.30. The van der Waals surface area contributed by atoms with Gasteiger partial charge in [0.2, 0.25) is 10.0 Å². The van der Waals surface area contributed by atoms with Crippen LogP contribution in [0.1, 0.15) is 31.2 Å². The van der Waals surface area contributed by atoms with E-state index in [0.29, 0.717) is 35.3 Å². The van der Waals surface area contributed by atoms with Crippen molar-refractivity contribution in [3.63, 3.8) is 0 Å². The van der Waals surface area contributed by atoms with Crippen molar-refractivity contribution in [1.82, 2.24) is 19.4 Å². The largest absolute Gasteiger partial charge is 0.317 e. The second-order valence-corrected chi connectivity index (χ2v) is 7.68. The van der Waals surface area contributed by atoms with Gasteiger partial charge in [-0.25, -0.2) is 8.42 Å². The van der Waals surface area contributed by atoms with Gasteiger partial charge in [0, 0.05) is 20.1 Å². The second-order valence-electron chi connectivity index (χ2n) is 5.80. The van der Waals surface area contributed by atoms with Crippen LogP contribution in [0.3, 0.4) is 0 Å². The van der Waals surface area contributed by atoms with Crippen molar-refractivity contribution in [2.75, 3.05) is 26.2 Å². The Morgan fingerprint density at radius 1 is 1.38 bits per heavy atom. The summed E-state index contributed by atoms with van der Waals surface area (Å²) in [5.74, 6) is 0.394. The molecule has 0 saturated carbocycles. The summed E-state index contributed by atoms with van der Waals surface area (Å²) in [6.07, 6.45) is 2.01. The molecule has 1 atom stereocenters. The molecule has 1 saturated heterocycles. The fourth-order valence-electron chi connectivity index (χ4n) is 3.02. The number of piperidine rings is 1. The van der Waals surface area contributed by atoms with Crippen molar-refractivity contribution in [3.05, 3.63) is 11.4 Å². The van der Waals surface area contributed by atoms with Gasteiger partial charge in [0.25, 0.3) is 0 Å². The quantitative estimate of drug-likeness (QED) is 0.882. The van der Waals surface area contributed by atoms with Crippen molar-refractivity contribution >= 4 is 10.0 Å². The minimum absolute atomic E-state index is 0.383. The number of nitrogens with zero attached hydrogens (tertiary/aromatic N) is 3. The number of aromatic nitrogens is 2. The first-order chi connectivity index (χ1) is 9.87. The van der Waals surface area contributed by atoms with Crippen molar-refractivity contribution < 1.29 is 8.42 Å². The molecule has 0 bridgehead atoms. The van der Waals surface area contributed by atoms with Crippen molar-refractivity contribution in [3.8, 4) is 0 Å². The molecule has 2 rings (SSSR count). The number of nitrogens with one attached hydrogen (secondary N) is 1. The highest BCUT2D eigenvalue weighted by Crippen LogP contribution is 2.27. The third-order valence-electron chi connectivity index (χ3n) is 4.21. The van der Waals surface area contributed by atoms with Gasteiger partial charge >= 0.3 is 0 Å². The molecule has 0 aliphatic carbocycles. The number of aryl methyl sites for hydroxylation is 2. The maximum Gasteiger partial charge on any atom is 0.246 e. The van der Waals surface area contributed by atoms with E-state index in [0.717, 1.165) is 25.9 Å². The summed E-state index contributed by atoms with van der Waals surface area (Å²) in [6, 6.07) is 0. The van der Waals surface area contributed by atoms with Gasteiger partial charge in [-0.2, -0.15) is 9.40 Å². The molecule has 6 nitrogen and oxygen atoms in total. The Labute approximate surface area is 127 Å². The Kier molecular flexibility index (Phi) is 5.06. The van der Waals surface area contributed by atoms with Gasteiger partial charge in [0.1, 0.15) is 4.90 Å². The van der Waals surface area contributed by atoms with Crippen LogP contribution in [0.2, 0.25) is 0 Å². The van der Waals surface area contributed by atoms with Gasteiger partial charge in [-0.3, -0.25) is 4.68 Å². The molecular formula is C14H26N4O2S. The van der Waals surface area contributed by atoms with Gasteiger partial charge < -0.3 is 5.32 Å². The zero-order chi connectivity index (χ0) is 15.6. The maximum atomic E-state index is 12.9. The van der Waals surface area contributed by atoms with E-state index in [1.54, 1.807) is 23.0 Å². The van der Waals surface area contributed by atoms with E-state index in [2.05, 4.69) is 17.3 Å². The van der Waals surface area contributed by atoms with Crippen LogP contribution in [-0.2, 0) is 17.1 Å². The highest BCUT2D eigenvalue weighted by molar-refractivity contribution is 7.89. The van der Waals surface area contributed by atoms with Crippen molar-refractivity contribution in [2.24, 2.45) is 13.0 Å². The summed E-state index contributed by atoms with van der Waals surface area (Å²) in [7, 11) is -1.66. The molecule has 0 spiro atoms. The average molecular weight is 314 g/mol. The lowest BCUT2D eigenvalue weighted by Crippen LogP contribution is -2.43. The fraction of sp³-hybridized carbons (Fsp3) is 0.786. The standard InChI is InChI=1S/C14H26N4O2S/c1-5-15-9-13-7-6-8-18(10-13)21(19,20)14-11(2)16-17(4)12(14)3/h13,15H,5-10H2,1-4H3. The summed E-state index contributed by atoms with van der Waals surface area (Å²) in [5, 5.41) is 7.56. The topological polar surface area (TPSA) is 67.2 Å². The molecule has 0 amide bonds. The highest BCUT2D eigenvalue weighted by atomic mass is 32.2. The molecule has 1 aliphatic heterocycles. The third-order valence-corrected chi connectivity index (χ3v) is 6.32. The predicted octanol–water partition coefficient (Wildman–Crippen LogP) is 1.05. The van der Waals surface area contributed by atoms with Crippen LogP contribution < -0.4 is 5.32 Å². The van der Waals surface area contributed by atoms with Gasteiger partial charge in [0.05, 0.1) is 11.4 Å². The average Bonchev–Trinajstić information content (AvgIpc) is 2.70. The van der Waals surface area contributed by atoms with Crippen molar-refractivity contribution in [1.29, 1.82) is 0 Å². The van der Waals surface area contributed by atoms with Crippen LogP contribution in [-0.4, -0.2) is 48.7 Å². The van der Waals surface area contributed by atoms with Gasteiger partial charge in [-0.1, -0.05) is 6.92 Å². The molecule has 1 unspecified atom stereocenters. The smallest absolute Gasteiger partial charge is 0.246 e. The van der Waals surface area contributed by atoms with E-state index < -0.39 is 10.0 Å². The molecule has 1 N–H and O–H groups in total. The first-order valence-electron chi connectivity index (χ1n) is 7.59. The molecule has 1 aromatic heterocycles. The van der Waals surface area contributed by atoms with E-state index in [9.17, 15) is 8.42 Å². The second kappa shape index (κ2) is 6.46. The maximum absolute atomic E-state index is 12.9. The van der Waals surface area contributed by atoms with E-state index in [4.69, 9.17) is 0 Å². The Balaban J connectivity index is 2.23. The lowest BCUT2D eigenvalue weighted by atomic mass is 10.00. The lowest BCUT2D eigenvalue weighted by Gasteiger charge is -2.32. The summed E-state index contributed by atoms with van der Waals surface area (Å²) in [5.41, 5.74) is 1.30. The summed E-state index contributed by atoms with van der Waals surface area (Å²) in [4.78, 5) is 0.383. The van der Waals surface area contributed by atoms with Crippen LogP contribution in [0.5, 0.6) is 0 Å². The number of hydrogen-bond donors (Lipinski definition) is 1. The molecule has 21 heavy (non-hydrogen) atoms. The molecule has 1 aliphatic rings. The van der Waals surface area contributed by atoms with Gasteiger partial charge in [-0.15, -0.1) is 0 Å². The van der Waals surface area contributed by atoms with Gasteiger partial charge in [-0.05, 0) is 45.7 Å². The first-order valence-corrected chi connectivity index (χ1v) is 9.03. The molecule has 1 aromatic rings. The zero-order valence-electron chi connectivity index (χ0n) is 13.4. The van der Waals surface area contributed by atoms with Crippen LogP contribution in [0.25, 0.3) is 0 Å². The lowest BCUT2D eigenvalue weighted by molar-refractivity contribution is 0.261. The van der Waals surface area contributed by atoms with Gasteiger partial charge in [0.15, 0.2) is 0 Å². The fourth-order valence-corrected chi connectivity index (χ4v) is 4.97. The van der Waals surface area contributed by atoms with E-state index in [1.165, 1.54) is 0 Å². The Morgan fingerprint density at radius 3 is 2.67 bits per heavy atom. The van der Waals surface area contributed by atoms with E-state index >= 15 is 0 Å². The molecule has 1 fully saturated rings. The van der Waals surface area contributed by atoms with Crippen molar-refractivity contribution in [2.45, 2.75) is 38.5 Å². The monoisotopic (exact) mass is 314 g/mol. The number of sulfonamides is 1.